The summed E-state index contributed by atoms with van der Waals surface area (Å²) in [6.45, 7) is 4.00. The van der Waals surface area contributed by atoms with Crippen molar-refractivity contribution >= 4 is 6.29 Å². The maximum atomic E-state index is 10.5. The van der Waals surface area contributed by atoms with E-state index in [-0.39, 0.29) is 5.92 Å². The van der Waals surface area contributed by atoms with Crippen molar-refractivity contribution in [1.29, 1.82) is 0 Å². The average Bonchev–Trinajstić information content (AvgIpc) is 2.26. The first-order valence-electron chi connectivity index (χ1n) is 5.26. The van der Waals surface area contributed by atoms with Crippen molar-refractivity contribution in [1.82, 2.24) is 0 Å². The highest BCUT2D eigenvalue weighted by molar-refractivity contribution is 5.52. The molecule has 0 aliphatic carbocycles. The molecule has 1 rings (SSSR count). The van der Waals surface area contributed by atoms with E-state index in [4.69, 9.17) is 4.74 Å². The molecule has 0 aliphatic heterocycles. The Bertz CT molecular complexity index is 331. The Morgan fingerprint density at radius 1 is 1.47 bits per heavy atom. The lowest BCUT2D eigenvalue weighted by atomic mass is 10.0. The normalized spacial score (nSPS) is 12.2. The molecule has 0 radical (unpaired) electrons. The summed E-state index contributed by atoms with van der Waals surface area (Å²) in [5, 5.41) is 0. The molecule has 0 bridgehead atoms. The molecule has 2 heteroatoms. The van der Waals surface area contributed by atoms with Gasteiger partial charge in [-0.15, -0.1) is 0 Å². The predicted octanol–water partition coefficient (Wildman–Crippen LogP) is 2.77. The van der Waals surface area contributed by atoms with Gasteiger partial charge in [-0.2, -0.15) is 0 Å². The van der Waals surface area contributed by atoms with Crippen LogP contribution in [0.4, 0.5) is 0 Å². The second-order valence-corrected chi connectivity index (χ2v) is 3.97. The molecule has 0 saturated carbocycles. The molecular weight excluding hydrogens is 188 g/mol. The Balaban J connectivity index is 2.73. The molecule has 0 saturated heterocycles. The van der Waals surface area contributed by atoms with E-state index >= 15 is 0 Å². The number of ether oxygens (including phenoxy) is 1. The van der Waals surface area contributed by atoms with Crippen LogP contribution in [0.1, 0.15) is 24.5 Å². The Morgan fingerprint density at radius 3 is 2.80 bits per heavy atom. The van der Waals surface area contributed by atoms with Crippen molar-refractivity contribution in [2.75, 3.05) is 7.11 Å². The fourth-order valence-electron chi connectivity index (χ4n) is 1.55. The highest BCUT2D eigenvalue weighted by Gasteiger charge is 2.05. The SMILES string of the molecule is COc1ccc(C)cc1CCC(C)C=O. The van der Waals surface area contributed by atoms with Gasteiger partial charge in [0.05, 0.1) is 7.11 Å². The summed E-state index contributed by atoms with van der Waals surface area (Å²) in [6, 6.07) is 6.14. The Morgan fingerprint density at radius 2 is 2.20 bits per heavy atom. The second-order valence-electron chi connectivity index (χ2n) is 3.97. The maximum absolute atomic E-state index is 10.5. The lowest BCUT2D eigenvalue weighted by Gasteiger charge is -2.10. The van der Waals surface area contributed by atoms with Gasteiger partial charge in [0.25, 0.3) is 0 Å². The van der Waals surface area contributed by atoms with E-state index in [0.29, 0.717) is 0 Å². The summed E-state index contributed by atoms with van der Waals surface area (Å²) in [4.78, 5) is 10.5. The van der Waals surface area contributed by atoms with E-state index < -0.39 is 0 Å². The minimum absolute atomic E-state index is 0.121. The maximum Gasteiger partial charge on any atom is 0.122 e. The van der Waals surface area contributed by atoms with Crippen LogP contribution in [-0.2, 0) is 11.2 Å². The minimum atomic E-state index is 0.121. The van der Waals surface area contributed by atoms with Crippen LogP contribution in [0.3, 0.4) is 0 Å². The summed E-state index contributed by atoms with van der Waals surface area (Å²) in [7, 11) is 1.68. The van der Waals surface area contributed by atoms with Crippen LogP contribution in [0.5, 0.6) is 5.75 Å². The molecule has 15 heavy (non-hydrogen) atoms. The molecule has 1 atom stereocenters. The average molecular weight is 206 g/mol. The monoisotopic (exact) mass is 206 g/mol. The van der Waals surface area contributed by atoms with Crippen LogP contribution in [0.15, 0.2) is 18.2 Å². The van der Waals surface area contributed by atoms with Crippen molar-refractivity contribution in [3.63, 3.8) is 0 Å². The third kappa shape index (κ3) is 3.39. The molecule has 1 unspecified atom stereocenters. The number of benzene rings is 1. The highest BCUT2D eigenvalue weighted by Crippen LogP contribution is 2.22. The number of carbonyl (C=O) groups excluding carboxylic acids is 1. The van der Waals surface area contributed by atoms with E-state index in [1.54, 1.807) is 7.11 Å². The van der Waals surface area contributed by atoms with E-state index in [9.17, 15) is 4.79 Å². The van der Waals surface area contributed by atoms with Crippen molar-refractivity contribution in [2.24, 2.45) is 5.92 Å². The number of methoxy groups -OCH3 is 1. The van der Waals surface area contributed by atoms with E-state index in [1.807, 2.05) is 19.1 Å². The van der Waals surface area contributed by atoms with E-state index in [2.05, 4.69) is 13.0 Å². The van der Waals surface area contributed by atoms with Gasteiger partial charge in [0.2, 0.25) is 0 Å². The van der Waals surface area contributed by atoms with Gasteiger partial charge in [-0.05, 0) is 31.4 Å². The zero-order valence-corrected chi connectivity index (χ0v) is 9.62. The van der Waals surface area contributed by atoms with Gasteiger partial charge in [-0.25, -0.2) is 0 Å². The van der Waals surface area contributed by atoms with Crippen molar-refractivity contribution in [3.05, 3.63) is 29.3 Å². The Kier molecular flexibility index (Phi) is 4.35. The molecule has 0 spiro atoms. The fourth-order valence-corrected chi connectivity index (χ4v) is 1.55. The molecule has 0 N–H and O–H groups in total. The molecule has 0 aromatic heterocycles. The summed E-state index contributed by atoms with van der Waals surface area (Å²) >= 11 is 0. The van der Waals surface area contributed by atoms with Gasteiger partial charge in [-0.1, -0.05) is 24.6 Å². The lowest BCUT2D eigenvalue weighted by Crippen LogP contribution is -2.00. The summed E-state index contributed by atoms with van der Waals surface area (Å²) < 4.78 is 5.28. The molecule has 0 fully saturated rings. The van der Waals surface area contributed by atoms with Crippen LogP contribution in [0.25, 0.3) is 0 Å². The minimum Gasteiger partial charge on any atom is -0.496 e. The fraction of sp³-hybridized carbons (Fsp3) is 0.462. The quantitative estimate of drug-likeness (QED) is 0.692. The molecule has 0 aliphatic rings. The number of aryl methyl sites for hydroxylation is 2. The molecule has 82 valence electrons. The third-order valence-electron chi connectivity index (χ3n) is 2.54. The highest BCUT2D eigenvalue weighted by atomic mass is 16.5. The van der Waals surface area contributed by atoms with Crippen LogP contribution in [-0.4, -0.2) is 13.4 Å². The van der Waals surface area contributed by atoms with Gasteiger partial charge >= 0.3 is 0 Å². The zero-order valence-electron chi connectivity index (χ0n) is 9.62. The number of carbonyl (C=O) groups is 1. The molecule has 1 aromatic rings. The van der Waals surface area contributed by atoms with Crippen molar-refractivity contribution in [2.45, 2.75) is 26.7 Å². The smallest absolute Gasteiger partial charge is 0.122 e. The van der Waals surface area contributed by atoms with Gasteiger partial charge in [0.1, 0.15) is 12.0 Å². The molecule has 0 heterocycles. The molecule has 1 aromatic carbocycles. The standard InChI is InChI=1S/C13H18O2/c1-10-5-7-13(15-3)12(8-10)6-4-11(2)9-14/h5,7-9,11H,4,6H2,1-3H3. The van der Waals surface area contributed by atoms with Gasteiger partial charge in [0.15, 0.2) is 0 Å². The van der Waals surface area contributed by atoms with Gasteiger partial charge < -0.3 is 9.53 Å². The summed E-state index contributed by atoms with van der Waals surface area (Å²) in [5.74, 6) is 1.04. The Labute approximate surface area is 91.3 Å². The molecule has 0 amide bonds. The number of rotatable bonds is 5. The van der Waals surface area contributed by atoms with Crippen molar-refractivity contribution in [3.8, 4) is 5.75 Å². The van der Waals surface area contributed by atoms with Crippen molar-refractivity contribution < 1.29 is 9.53 Å². The van der Waals surface area contributed by atoms with E-state index in [1.165, 1.54) is 11.1 Å². The van der Waals surface area contributed by atoms with Gasteiger partial charge in [0, 0.05) is 5.92 Å². The van der Waals surface area contributed by atoms with E-state index in [0.717, 1.165) is 24.9 Å². The Hall–Kier alpha value is -1.31. The van der Waals surface area contributed by atoms with Gasteiger partial charge in [-0.3, -0.25) is 0 Å². The second kappa shape index (κ2) is 5.54. The van der Waals surface area contributed by atoms with Crippen LogP contribution in [0.2, 0.25) is 0 Å². The van der Waals surface area contributed by atoms with Crippen LogP contribution in [0, 0.1) is 12.8 Å². The largest absolute Gasteiger partial charge is 0.496 e. The molecular formula is C13H18O2. The first kappa shape index (κ1) is 11.8. The van der Waals surface area contributed by atoms with Crippen LogP contribution < -0.4 is 4.74 Å². The van der Waals surface area contributed by atoms with Crippen LogP contribution >= 0.6 is 0 Å². The number of aldehydes is 1. The number of hydrogen-bond acceptors (Lipinski definition) is 2. The molecule has 2 nitrogen and oxygen atoms in total. The zero-order chi connectivity index (χ0) is 11.3. The summed E-state index contributed by atoms with van der Waals surface area (Å²) in [5.41, 5.74) is 2.41. The third-order valence-corrected chi connectivity index (χ3v) is 2.54. The first-order valence-corrected chi connectivity index (χ1v) is 5.26. The number of hydrogen-bond donors (Lipinski definition) is 0. The lowest BCUT2D eigenvalue weighted by molar-refractivity contribution is -0.110. The predicted molar refractivity (Wildman–Crippen MR) is 61.3 cm³/mol. The topological polar surface area (TPSA) is 26.3 Å². The first-order chi connectivity index (χ1) is 7.17. The summed E-state index contributed by atoms with van der Waals surface area (Å²) in [6.07, 6.45) is 2.77.